The predicted octanol–water partition coefficient (Wildman–Crippen LogP) is 6.27. The standard InChI is InChI=1S/C19H38O2S/c20-22(21)19-17-15-13-11-9-7-5-3-1-2-4-6-8-10-12-14-16-18-19/h19H,1-18H2,(H,20,21)/p-1. The maximum absolute atomic E-state index is 11.3. The monoisotopic (exact) mass is 329 g/mol. The first-order chi connectivity index (χ1) is 10.8. The lowest BCUT2D eigenvalue weighted by molar-refractivity contribution is 0.483. The van der Waals surface area contributed by atoms with Crippen LogP contribution in [0.25, 0.3) is 0 Å². The van der Waals surface area contributed by atoms with Gasteiger partial charge in [-0.05, 0) is 12.8 Å². The molecule has 3 heteroatoms. The summed E-state index contributed by atoms with van der Waals surface area (Å²) in [4.78, 5) is 0. The van der Waals surface area contributed by atoms with E-state index >= 15 is 0 Å². The van der Waals surface area contributed by atoms with Crippen LogP contribution in [0.15, 0.2) is 0 Å². The summed E-state index contributed by atoms with van der Waals surface area (Å²) in [7, 11) is 0. The van der Waals surface area contributed by atoms with Crippen LogP contribution in [0.3, 0.4) is 0 Å². The van der Waals surface area contributed by atoms with Crippen LogP contribution in [-0.4, -0.2) is 14.0 Å². The van der Waals surface area contributed by atoms with E-state index in [9.17, 15) is 8.76 Å². The predicted molar refractivity (Wildman–Crippen MR) is 95.8 cm³/mol. The Morgan fingerprint density at radius 3 is 0.955 bits per heavy atom. The van der Waals surface area contributed by atoms with E-state index < -0.39 is 11.1 Å². The van der Waals surface area contributed by atoms with E-state index in [1.54, 1.807) is 0 Å². The first-order valence-electron chi connectivity index (χ1n) is 9.89. The van der Waals surface area contributed by atoms with Crippen LogP contribution in [-0.2, 0) is 11.1 Å². The van der Waals surface area contributed by atoms with Crippen molar-refractivity contribution in [2.75, 3.05) is 0 Å². The molecule has 0 bridgehead atoms. The van der Waals surface area contributed by atoms with Crippen molar-refractivity contribution in [1.29, 1.82) is 0 Å². The average molecular weight is 330 g/mol. The summed E-state index contributed by atoms with van der Waals surface area (Å²) in [5, 5.41) is -0.0814. The van der Waals surface area contributed by atoms with Crippen LogP contribution in [0.5, 0.6) is 0 Å². The zero-order valence-corrected chi connectivity index (χ0v) is 15.3. The van der Waals surface area contributed by atoms with E-state index in [1.165, 1.54) is 89.9 Å². The van der Waals surface area contributed by atoms with Gasteiger partial charge in [-0.3, -0.25) is 4.21 Å². The summed E-state index contributed by atoms with van der Waals surface area (Å²) >= 11 is -1.87. The van der Waals surface area contributed by atoms with Crippen molar-refractivity contribution in [3.8, 4) is 0 Å². The van der Waals surface area contributed by atoms with Gasteiger partial charge < -0.3 is 4.55 Å². The van der Waals surface area contributed by atoms with Crippen molar-refractivity contribution >= 4 is 11.1 Å². The maximum atomic E-state index is 11.3. The van der Waals surface area contributed by atoms with Crippen LogP contribution < -0.4 is 0 Å². The first-order valence-corrected chi connectivity index (χ1v) is 11.0. The number of rotatable bonds is 1. The number of hydrogen-bond acceptors (Lipinski definition) is 2. The van der Waals surface area contributed by atoms with Crippen molar-refractivity contribution in [2.24, 2.45) is 0 Å². The minimum Gasteiger partial charge on any atom is -0.772 e. The minimum atomic E-state index is -1.87. The Balaban J connectivity index is 2.23. The van der Waals surface area contributed by atoms with Gasteiger partial charge in [0.25, 0.3) is 0 Å². The highest BCUT2D eigenvalue weighted by molar-refractivity contribution is 7.79. The molecule has 2 nitrogen and oxygen atoms in total. The second kappa shape index (κ2) is 14.7. The van der Waals surface area contributed by atoms with Gasteiger partial charge in [0.1, 0.15) is 0 Å². The van der Waals surface area contributed by atoms with Gasteiger partial charge in [0.2, 0.25) is 0 Å². The summed E-state index contributed by atoms with van der Waals surface area (Å²) < 4.78 is 22.6. The third-order valence-corrected chi connectivity index (χ3v) is 6.09. The van der Waals surface area contributed by atoms with E-state index in [-0.39, 0.29) is 5.25 Å². The van der Waals surface area contributed by atoms with Gasteiger partial charge in [-0.1, -0.05) is 114 Å². The smallest absolute Gasteiger partial charge is 0.0215 e. The van der Waals surface area contributed by atoms with E-state index in [4.69, 9.17) is 0 Å². The van der Waals surface area contributed by atoms with Crippen molar-refractivity contribution < 1.29 is 8.76 Å². The van der Waals surface area contributed by atoms with Gasteiger partial charge in [-0.25, -0.2) is 0 Å². The highest BCUT2D eigenvalue weighted by Gasteiger charge is 2.09. The lowest BCUT2D eigenvalue weighted by atomic mass is 10.0. The maximum Gasteiger partial charge on any atom is 0.0215 e. The van der Waals surface area contributed by atoms with Crippen molar-refractivity contribution in [2.45, 2.75) is 121 Å². The molecule has 0 aromatic heterocycles. The van der Waals surface area contributed by atoms with Crippen LogP contribution in [0.2, 0.25) is 0 Å². The van der Waals surface area contributed by atoms with Crippen LogP contribution >= 0.6 is 0 Å². The first kappa shape index (κ1) is 20.2. The fraction of sp³-hybridized carbons (Fsp3) is 1.00. The van der Waals surface area contributed by atoms with Gasteiger partial charge in [-0.2, -0.15) is 0 Å². The van der Waals surface area contributed by atoms with Crippen LogP contribution in [0, 0.1) is 0 Å². The molecule has 0 saturated heterocycles. The quantitative estimate of drug-likeness (QED) is 0.532. The summed E-state index contributed by atoms with van der Waals surface area (Å²) in [6.45, 7) is 0. The second-order valence-electron chi connectivity index (χ2n) is 7.12. The Kier molecular flexibility index (Phi) is 13.5. The largest absolute Gasteiger partial charge is 0.772 e. The topological polar surface area (TPSA) is 40.1 Å². The summed E-state index contributed by atoms with van der Waals surface area (Å²) in [6.07, 6.45) is 22.9. The lowest BCUT2D eigenvalue weighted by Crippen LogP contribution is -2.14. The molecule has 0 heterocycles. The third kappa shape index (κ3) is 11.6. The van der Waals surface area contributed by atoms with Gasteiger partial charge in [-0.15, -0.1) is 0 Å². The normalized spacial score (nSPS) is 24.8. The molecule has 1 rings (SSSR count). The summed E-state index contributed by atoms with van der Waals surface area (Å²) in [5.74, 6) is 0. The SMILES string of the molecule is O=S([O-])C1CCCCCCCCCCCCCCCCCC1. The van der Waals surface area contributed by atoms with E-state index in [2.05, 4.69) is 0 Å². The van der Waals surface area contributed by atoms with E-state index in [1.807, 2.05) is 0 Å². The molecule has 0 aromatic rings. The van der Waals surface area contributed by atoms with E-state index in [0.29, 0.717) is 0 Å². The van der Waals surface area contributed by atoms with Crippen LogP contribution in [0.1, 0.15) is 116 Å². The Hall–Kier alpha value is 0.110. The molecule has 0 aromatic carbocycles. The third-order valence-electron chi connectivity index (χ3n) is 5.07. The van der Waals surface area contributed by atoms with Gasteiger partial charge in [0.05, 0.1) is 0 Å². The molecule has 1 unspecified atom stereocenters. The Morgan fingerprint density at radius 1 is 0.500 bits per heavy atom. The number of hydrogen-bond donors (Lipinski definition) is 0. The highest BCUT2D eigenvalue weighted by atomic mass is 32.2. The highest BCUT2D eigenvalue weighted by Crippen LogP contribution is 2.19. The summed E-state index contributed by atoms with van der Waals surface area (Å²) in [6, 6.07) is 0. The van der Waals surface area contributed by atoms with Crippen LogP contribution in [0.4, 0.5) is 0 Å². The molecule has 1 aliphatic rings. The molecule has 1 saturated carbocycles. The molecule has 0 N–H and O–H groups in total. The Morgan fingerprint density at radius 2 is 0.727 bits per heavy atom. The van der Waals surface area contributed by atoms with E-state index in [0.717, 1.165) is 25.7 Å². The molecular formula is C19H37O2S-. The zero-order chi connectivity index (χ0) is 15.9. The van der Waals surface area contributed by atoms with Crippen molar-refractivity contribution in [3.05, 3.63) is 0 Å². The Bertz CT molecular complexity index is 248. The zero-order valence-electron chi connectivity index (χ0n) is 14.5. The van der Waals surface area contributed by atoms with Gasteiger partial charge in [0, 0.05) is 5.25 Å². The second-order valence-corrected chi connectivity index (χ2v) is 8.30. The van der Waals surface area contributed by atoms with Crippen molar-refractivity contribution in [1.82, 2.24) is 0 Å². The molecule has 1 fully saturated rings. The molecule has 22 heavy (non-hydrogen) atoms. The average Bonchev–Trinajstić information content (AvgIpc) is 2.50. The molecular weight excluding hydrogens is 292 g/mol. The minimum absolute atomic E-state index is 0.0814. The molecule has 0 aliphatic heterocycles. The molecule has 1 atom stereocenters. The fourth-order valence-electron chi connectivity index (χ4n) is 3.56. The molecule has 0 amide bonds. The molecule has 0 radical (unpaired) electrons. The summed E-state index contributed by atoms with van der Waals surface area (Å²) in [5.41, 5.74) is 0. The molecule has 0 spiro atoms. The Labute approximate surface area is 141 Å². The van der Waals surface area contributed by atoms with Gasteiger partial charge in [0.15, 0.2) is 0 Å². The van der Waals surface area contributed by atoms with Gasteiger partial charge >= 0.3 is 0 Å². The van der Waals surface area contributed by atoms with Crippen molar-refractivity contribution in [3.63, 3.8) is 0 Å². The molecule has 1 aliphatic carbocycles. The fourth-order valence-corrected chi connectivity index (χ4v) is 4.27. The molecule has 132 valence electrons. The lowest BCUT2D eigenvalue weighted by Gasteiger charge is -2.19.